The lowest BCUT2D eigenvalue weighted by Crippen LogP contribution is -1.94. The SMILES string of the molecule is Fc1cccc(Cl)c1Nc1n[nH]c(=S)s1. The van der Waals surface area contributed by atoms with E-state index in [1.54, 1.807) is 6.07 Å². The van der Waals surface area contributed by atoms with Crippen molar-refractivity contribution in [2.24, 2.45) is 0 Å². The van der Waals surface area contributed by atoms with Crippen molar-refractivity contribution >= 4 is 46.0 Å². The zero-order chi connectivity index (χ0) is 10.8. The number of rotatable bonds is 2. The number of nitrogens with one attached hydrogen (secondary N) is 2. The molecule has 1 aromatic heterocycles. The van der Waals surface area contributed by atoms with Crippen LogP contribution in [0.3, 0.4) is 0 Å². The first-order chi connectivity index (χ1) is 7.16. The first-order valence-electron chi connectivity index (χ1n) is 3.93. The lowest BCUT2D eigenvalue weighted by atomic mass is 10.3. The molecule has 0 spiro atoms. The van der Waals surface area contributed by atoms with Gasteiger partial charge in [0.1, 0.15) is 5.82 Å². The standard InChI is InChI=1S/C8H5ClFN3S2/c9-4-2-1-3-5(10)6(4)11-7-12-13-8(14)15-7/h1-3H,(H,11,12)(H,13,14). The summed E-state index contributed by atoms with van der Waals surface area (Å²) in [5.41, 5.74) is 0.205. The third-order valence-corrected chi connectivity index (χ3v) is 2.95. The van der Waals surface area contributed by atoms with Crippen LogP contribution in [0.15, 0.2) is 18.2 Å². The maximum Gasteiger partial charge on any atom is 0.208 e. The van der Waals surface area contributed by atoms with Gasteiger partial charge in [-0.25, -0.2) is 4.39 Å². The van der Waals surface area contributed by atoms with E-state index in [0.29, 0.717) is 14.1 Å². The molecule has 7 heteroatoms. The van der Waals surface area contributed by atoms with Gasteiger partial charge in [0.25, 0.3) is 0 Å². The van der Waals surface area contributed by atoms with Gasteiger partial charge in [-0.05, 0) is 24.4 Å². The van der Waals surface area contributed by atoms with Crippen molar-refractivity contribution in [1.82, 2.24) is 10.2 Å². The second-order valence-electron chi connectivity index (χ2n) is 2.64. The predicted octanol–water partition coefficient (Wildman–Crippen LogP) is 3.74. The van der Waals surface area contributed by atoms with E-state index in [-0.39, 0.29) is 5.69 Å². The van der Waals surface area contributed by atoms with Gasteiger partial charge in [0.2, 0.25) is 5.13 Å². The molecular formula is C8H5ClFN3S2. The van der Waals surface area contributed by atoms with E-state index in [4.69, 9.17) is 23.8 Å². The fourth-order valence-corrected chi connectivity index (χ4v) is 2.01. The fourth-order valence-electron chi connectivity index (χ4n) is 1.01. The predicted molar refractivity (Wildman–Crippen MR) is 62.0 cm³/mol. The summed E-state index contributed by atoms with van der Waals surface area (Å²) in [5, 5.41) is 9.97. The fraction of sp³-hybridized carbons (Fsp3) is 0. The Bertz CT molecular complexity index is 516. The molecule has 1 aromatic carbocycles. The molecule has 0 bridgehead atoms. The second kappa shape index (κ2) is 4.26. The number of nitrogens with zero attached hydrogens (tertiary/aromatic N) is 1. The van der Waals surface area contributed by atoms with Crippen molar-refractivity contribution in [3.05, 3.63) is 33.0 Å². The number of benzene rings is 1. The topological polar surface area (TPSA) is 40.7 Å². The minimum atomic E-state index is -0.427. The van der Waals surface area contributed by atoms with Crippen molar-refractivity contribution in [1.29, 1.82) is 0 Å². The molecular weight excluding hydrogens is 257 g/mol. The maximum atomic E-state index is 13.3. The maximum absolute atomic E-state index is 13.3. The van der Waals surface area contributed by atoms with E-state index >= 15 is 0 Å². The average Bonchev–Trinajstić information content (AvgIpc) is 2.58. The van der Waals surface area contributed by atoms with Gasteiger partial charge >= 0.3 is 0 Å². The highest BCUT2D eigenvalue weighted by atomic mass is 35.5. The molecule has 0 radical (unpaired) electrons. The number of hydrogen-bond acceptors (Lipinski definition) is 4. The monoisotopic (exact) mass is 261 g/mol. The minimum absolute atomic E-state index is 0.205. The van der Waals surface area contributed by atoms with Crippen LogP contribution in [0, 0.1) is 9.77 Å². The molecule has 2 rings (SSSR count). The number of aromatic nitrogens is 2. The number of anilines is 2. The van der Waals surface area contributed by atoms with E-state index in [9.17, 15) is 4.39 Å². The van der Waals surface area contributed by atoms with Crippen LogP contribution in [0.25, 0.3) is 0 Å². The highest BCUT2D eigenvalue weighted by Crippen LogP contribution is 2.28. The summed E-state index contributed by atoms with van der Waals surface area (Å²) in [7, 11) is 0. The third-order valence-electron chi connectivity index (χ3n) is 1.63. The molecule has 78 valence electrons. The van der Waals surface area contributed by atoms with Gasteiger partial charge in [-0.15, -0.1) is 5.10 Å². The van der Waals surface area contributed by atoms with E-state index < -0.39 is 5.82 Å². The third kappa shape index (κ3) is 2.34. The van der Waals surface area contributed by atoms with Crippen LogP contribution >= 0.6 is 35.2 Å². The van der Waals surface area contributed by atoms with Crippen LogP contribution in [0.2, 0.25) is 5.02 Å². The molecule has 0 atom stereocenters. The van der Waals surface area contributed by atoms with Gasteiger partial charge in [0.15, 0.2) is 3.95 Å². The lowest BCUT2D eigenvalue weighted by Gasteiger charge is -2.05. The molecule has 0 fully saturated rings. The molecule has 0 unspecified atom stereocenters. The van der Waals surface area contributed by atoms with Crippen LogP contribution in [0.1, 0.15) is 0 Å². The highest BCUT2D eigenvalue weighted by Gasteiger charge is 2.08. The largest absolute Gasteiger partial charge is 0.326 e. The van der Waals surface area contributed by atoms with Crippen LogP contribution in [0.5, 0.6) is 0 Å². The summed E-state index contributed by atoms with van der Waals surface area (Å²) in [6.45, 7) is 0. The zero-order valence-corrected chi connectivity index (χ0v) is 9.64. The first-order valence-corrected chi connectivity index (χ1v) is 5.53. The van der Waals surface area contributed by atoms with Crippen molar-refractivity contribution < 1.29 is 4.39 Å². The Morgan fingerprint density at radius 1 is 1.53 bits per heavy atom. The molecule has 1 heterocycles. The van der Waals surface area contributed by atoms with E-state index in [0.717, 1.165) is 0 Å². The molecule has 0 amide bonds. The van der Waals surface area contributed by atoms with Crippen molar-refractivity contribution in [3.8, 4) is 0 Å². The number of hydrogen-bond donors (Lipinski definition) is 2. The Balaban J connectivity index is 2.35. The number of H-pyrrole nitrogens is 1. The Morgan fingerprint density at radius 3 is 2.93 bits per heavy atom. The van der Waals surface area contributed by atoms with Crippen molar-refractivity contribution in [2.45, 2.75) is 0 Å². The van der Waals surface area contributed by atoms with Gasteiger partial charge in [-0.3, -0.25) is 5.10 Å². The molecule has 2 N–H and O–H groups in total. The smallest absolute Gasteiger partial charge is 0.208 e. The Labute approximate surface area is 98.9 Å². The normalized spacial score (nSPS) is 10.3. The molecule has 15 heavy (non-hydrogen) atoms. The molecule has 3 nitrogen and oxygen atoms in total. The Hall–Kier alpha value is -0.980. The summed E-state index contributed by atoms with van der Waals surface area (Å²) in [6, 6.07) is 4.45. The highest BCUT2D eigenvalue weighted by molar-refractivity contribution is 7.73. The van der Waals surface area contributed by atoms with Gasteiger partial charge in [0.05, 0.1) is 10.7 Å². The van der Waals surface area contributed by atoms with E-state index in [1.807, 2.05) is 0 Å². The molecule has 0 saturated carbocycles. The van der Waals surface area contributed by atoms with E-state index in [2.05, 4.69) is 15.5 Å². The summed E-state index contributed by atoms with van der Waals surface area (Å²) in [6.07, 6.45) is 0. The molecule has 0 saturated heterocycles. The van der Waals surface area contributed by atoms with Gasteiger partial charge < -0.3 is 5.32 Å². The van der Waals surface area contributed by atoms with Crippen LogP contribution in [-0.2, 0) is 0 Å². The number of halogens is 2. The van der Waals surface area contributed by atoms with Gasteiger partial charge in [-0.2, -0.15) is 0 Å². The number of para-hydroxylation sites is 1. The summed E-state index contributed by atoms with van der Waals surface area (Å²) in [4.78, 5) is 0. The summed E-state index contributed by atoms with van der Waals surface area (Å²) < 4.78 is 13.9. The Kier molecular flexibility index (Phi) is 2.99. The minimum Gasteiger partial charge on any atom is -0.326 e. The van der Waals surface area contributed by atoms with Gasteiger partial charge in [-0.1, -0.05) is 29.0 Å². The summed E-state index contributed by atoms with van der Waals surface area (Å²) >= 11 is 11.9. The van der Waals surface area contributed by atoms with Crippen molar-refractivity contribution in [3.63, 3.8) is 0 Å². The van der Waals surface area contributed by atoms with Crippen LogP contribution in [0.4, 0.5) is 15.2 Å². The summed E-state index contributed by atoms with van der Waals surface area (Å²) in [5.74, 6) is -0.427. The Morgan fingerprint density at radius 2 is 2.33 bits per heavy atom. The van der Waals surface area contributed by atoms with Crippen LogP contribution < -0.4 is 5.32 Å². The average molecular weight is 262 g/mol. The lowest BCUT2D eigenvalue weighted by molar-refractivity contribution is 0.632. The van der Waals surface area contributed by atoms with E-state index in [1.165, 1.54) is 23.5 Å². The molecule has 2 aromatic rings. The first kappa shape index (κ1) is 10.5. The van der Waals surface area contributed by atoms with Crippen molar-refractivity contribution in [2.75, 3.05) is 5.32 Å². The second-order valence-corrected chi connectivity index (χ2v) is 4.71. The quantitative estimate of drug-likeness (QED) is 0.809. The van der Waals surface area contributed by atoms with Crippen LogP contribution in [-0.4, -0.2) is 10.2 Å². The molecule has 0 aliphatic rings. The number of aromatic amines is 1. The molecule has 0 aliphatic carbocycles. The van der Waals surface area contributed by atoms with Gasteiger partial charge in [0, 0.05) is 0 Å². The molecule has 0 aliphatic heterocycles. The zero-order valence-electron chi connectivity index (χ0n) is 7.25.